The molecule has 0 unspecified atom stereocenters. The van der Waals surface area contributed by atoms with Gasteiger partial charge in [-0.3, -0.25) is 14.2 Å². The average Bonchev–Trinajstić information content (AvgIpc) is 2.87. The number of rotatable bonds is 4. The second-order valence-electron chi connectivity index (χ2n) is 5.49. The van der Waals surface area contributed by atoms with Gasteiger partial charge < -0.3 is 0 Å². The van der Waals surface area contributed by atoms with Crippen molar-refractivity contribution in [1.29, 1.82) is 0 Å². The third-order valence-corrected chi connectivity index (χ3v) is 5.11. The van der Waals surface area contributed by atoms with E-state index in [-0.39, 0.29) is 12.1 Å². The fraction of sp³-hybridized carbons (Fsp3) is 0.176. The lowest BCUT2D eigenvalue weighted by Gasteiger charge is -2.04. The summed E-state index contributed by atoms with van der Waals surface area (Å²) in [4.78, 5) is 30.5. The van der Waals surface area contributed by atoms with Gasteiger partial charge in [-0.2, -0.15) is 5.10 Å². The number of hydrogen-bond acceptors (Lipinski definition) is 5. The maximum Gasteiger partial charge on any atom is 0.262 e. The Labute approximate surface area is 152 Å². The third kappa shape index (κ3) is 3.78. The van der Waals surface area contributed by atoms with Crippen molar-refractivity contribution in [2.24, 2.45) is 5.10 Å². The van der Waals surface area contributed by atoms with Crippen molar-refractivity contribution in [3.8, 4) is 0 Å². The second kappa shape index (κ2) is 7.16. The van der Waals surface area contributed by atoms with Crippen LogP contribution in [-0.2, 0) is 11.3 Å². The van der Waals surface area contributed by atoms with Crippen molar-refractivity contribution >= 4 is 45.3 Å². The van der Waals surface area contributed by atoms with Gasteiger partial charge in [0.2, 0.25) is 0 Å². The van der Waals surface area contributed by atoms with E-state index < -0.39 is 5.91 Å². The molecule has 6 nitrogen and oxygen atoms in total. The van der Waals surface area contributed by atoms with Crippen LogP contribution in [0.2, 0.25) is 5.02 Å². The molecule has 0 aliphatic rings. The molecule has 3 aromatic rings. The largest absolute Gasteiger partial charge is 0.289 e. The number of carbonyl (C=O) groups excluding carboxylic acids is 1. The van der Waals surface area contributed by atoms with Crippen molar-refractivity contribution < 1.29 is 4.79 Å². The van der Waals surface area contributed by atoms with Crippen LogP contribution in [0.15, 0.2) is 40.5 Å². The van der Waals surface area contributed by atoms with Crippen molar-refractivity contribution in [2.75, 3.05) is 0 Å². The van der Waals surface area contributed by atoms with E-state index in [4.69, 9.17) is 11.6 Å². The molecule has 1 amide bonds. The predicted octanol–water partition coefficient (Wildman–Crippen LogP) is 2.88. The molecule has 128 valence electrons. The first-order valence-corrected chi connectivity index (χ1v) is 8.68. The summed E-state index contributed by atoms with van der Waals surface area (Å²) in [5.74, 6) is -0.405. The molecular formula is C17H15ClN4O2S. The van der Waals surface area contributed by atoms with E-state index in [2.05, 4.69) is 15.5 Å². The zero-order valence-electron chi connectivity index (χ0n) is 13.6. The normalized spacial score (nSPS) is 11.3. The highest BCUT2D eigenvalue weighted by Gasteiger charge is 2.13. The lowest BCUT2D eigenvalue weighted by atomic mass is 10.2. The van der Waals surface area contributed by atoms with Crippen LogP contribution in [0.4, 0.5) is 0 Å². The highest BCUT2D eigenvalue weighted by atomic mass is 35.5. The van der Waals surface area contributed by atoms with Crippen molar-refractivity contribution in [2.45, 2.75) is 20.4 Å². The van der Waals surface area contributed by atoms with E-state index >= 15 is 0 Å². The van der Waals surface area contributed by atoms with Gasteiger partial charge in [-0.1, -0.05) is 23.7 Å². The lowest BCUT2D eigenvalue weighted by molar-refractivity contribution is -0.121. The number of amides is 1. The highest BCUT2D eigenvalue weighted by Crippen LogP contribution is 2.25. The number of carbonyl (C=O) groups is 1. The van der Waals surface area contributed by atoms with Gasteiger partial charge in [-0.05, 0) is 37.1 Å². The van der Waals surface area contributed by atoms with Crippen molar-refractivity contribution in [1.82, 2.24) is 15.0 Å². The number of hydrogen-bond donors (Lipinski definition) is 1. The van der Waals surface area contributed by atoms with Crippen LogP contribution < -0.4 is 11.0 Å². The van der Waals surface area contributed by atoms with Crippen molar-refractivity contribution in [3.63, 3.8) is 0 Å². The summed E-state index contributed by atoms with van der Waals surface area (Å²) < 4.78 is 1.29. The van der Waals surface area contributed by atoms with Crippen LogP contribution in [-0.4, -0.2) is 21.7 Å². The number of fused-ring (bicyclic) bond motifs is 1. The predicted molar refractivity (Wildman–Crippen MR) is 101 cm³/mol. The first-order chi connectivity index (χ1) is 12.0. The molecule has 0 aliphatic heterocycles. The van der Waals surface area contributed by atoms with Gasteiger partial charge in [0.1, 0.15) is 11.4 Å². The van der Waals surface area contributed by atoms with E-state index in [9.17, 15) is 9.59 Å². The van der Waals surface area contributed by atoms with Crippen LogP contribution >= 0.6 is 22.9 Å². The van der Waals surface area contributed by atoms with E-state index in [0.29, 0.717) is 15.2 Å². The lowest BCUT2D eigenvalue weighted by Crippen LogP contribution is -2.30. The van der Waals surface area contributed by atoms with Gasteiger partial charge in [-0.25, -0.2) is 10.4 Å². The average molecular weight is 375 g/mol. The Kier molecular flexibility index (Phi) is 4.96. The molecule has 0 spiro atoms. The van der Waals surface area contributed by atoms with E-state index in [1.165, 1.54) is 28.4 Å². The van der Waals surface area contributed by atoms with Crippen LogP contribution in [0.1, 0.15) is 16.0 Å². The summed E-state index contributed by atoms with van der Waals surface area (Å²) in [6, 6.07) is 7.02. The molecule has 0 saturated carbocycles. The molecule has 1 N–H and O–H groups in total. The quantitative estimate of drug-likeness (QED) is 0.563. The molecule has 0 radical (unpaired) electrons. The number of halogens is 1. The molecule has 25 heavy (non-hydrogen) atoms. The number of hydrazone groups is 1. The van der Waals surface area contributed by atoms with Crippen molar-refractivity contribution in [3.05, 3.63) is 62.0 Å². The SMILES string of the molecule is Cc1sc2ncn(CC(=O)N/N=C/c3ccc(Cl)cc3)c(=O)c2c1C. The molecule has 3 rings (SSSR count). The Balaban J connectivity index is 1.71. The minimum absolute atomic E-state index is 0.145. The molecule has 2 aromatic heterocycles. The van der Waals surface area contributed by atoms with E-state index in [1.54, 1.807) is 24.3 Å². The summed E-state index contributed by atoms with van der Waals surface area (Å²) in [7, 11) is 0. The number of aryl methyl sites for hydroxylation is 2. The maximum atomic E-state index is 12.5. The minimum atomic E-state index is -0.405. The fourth-order valence-electron chi connectivity index (χ4n) is 2.30. The Morgan fingerprint density at radius 1 is 1.36 bits per heavy atom. The molecule has 0 fully saturated rings. The van der Waals surface area contributed by atoms with Crippen LogP contribution in [0.5, 0.6) is 0 Å². The smallest absolute Gasteiger partial charge is 0.262 e. The zero-order chi connectivity index (χ0) is 18.0. The van der Waals surface area contributed by atoms with E-state index in [0.717, 1.165) is 16.0 Å². The summed E-state index contributed by atoms with van der Waals surface area (Å²) >= 11 is 7.28. The first kappa shape index (κ1) is 17.3. The van der Waals surface area contributed by atoms with Crippen LogP contribution in [0, 0.1) is 13.8 Å². The monoisotopic (exact) mass is 374 g/mol. The standard InChI is InChI=1S/C17H15ClN4O2S/c1-10-11(2)25-16-15(10)17(24)22(9-19-16)8-14(23)21-20-7-12-3-5-13(18)6-4-12/h3-7,9H,8H2,1-2H3,(H,21,23)/b20-7+. The van der Waals surface area contributed by atoms with Gasteiger partial charge in [0.15, 0.2) is 0 Å². The number of nitrogens with one attached hydrogen (secondary N) is 1. The summed E-state index contributed by atoms with van der Waals surface area (Å²) in [5, 5.41) is 5.08. The van der Waals surface area contributed by atoms with Crippen LogP contribution in [0.3, 0.4) is 0 Å². The van der Waals surface area contributed by atoms with Gasteiger partial charge in [0, 0.05) is 9.90 Å². The molecule has 0 saturated heterocycles. The van der Waals surface area contributed by atoms with E-state index in [1.807, 2.05) is 13.8 Å². The van der Waals surface area contributed by atoms with Gasteiger partial charge >= 0.3 is 0 Å². The molecule has 0 bridgehead atoms. The molecule has 1 aromatic carbocycles. The number of benzene rings is 1. The Morgan fingerprint density at radius 3 is 2.80 bits per heavy atom. The Bertz CT molecular complexity index is 1020. The summed E-state index contributed by atoms with van der Waals surface area (Å²) in [6.45, 7) is 3.69. The van der Waals surface area contributed by atoms with Gasteiger partial charge in [-0.15, -0.1) is 11.3 Å². The van der Waals surface area contributed by atoms with Crippen LogP contribution in [0.25, 0.3) is 10.2 Å². The molecule has 2 heterocycles. The fourth-order valence-corrected chi connectivity index (χ4v) is 3.41. The first-order valence-electron chi connectivity index (χ1n) is 7.48. The molecule has 0 atom stereocenters. The Hall–Kier alpha value is -2.51. The number of nitrogens with zero attached hydrogens (tertiary/aromatic N) is 3. The minimum Gasteiger partial charge on any atom is -0.289 e. The number of aromatic nitrogens is 2. The molecular weight excluding hydrogens is 360 g/mol. The van der Waals surface area contributed by atoms with Gasteiger partial charge in [0.05, 0.1) is 17.9 Å². The molecule has 0 aliphatic carbocycles. The third-order valence-electron chi connectivity index (χ3n) is 3.74. The van der Waals surface area contributed by atoms with Gasteiger partial charge in [0.25, 0.3) is 11.5 Å². The zero-order valence-corrected chi connectivity index (χ0v) is 15.2. The topological polar surface area (TPSA) is 76.3 Å². The second-order valence-corrected chi connectivity index (χ2v) is 7.13. The maximum absolute atomic E-state index is 12.5. The number of thiophene rings is 1. The highest BCUT2D eigenvalue weighted by molar-refractivity contribution is 7.18. The molecule has 8 heteroatoms. The summed E-state index contributed by atoms with van der Waals surface area (Å²) in [6.07, 6.45) is 2.90. The summed E-state index contributed by atoms with van der Waals surface area (Å²) in [5.41, 5.74) is 3.89. The Morgan fingerprint density at radius 2 is 2.08 bits per heavy atom.